The number of nitrogens with zero attached hydrogens (tertiary/aromatic N) is 1. The van der Waals surface area contributed by atoms with Crippen molar-refractivity contribution in [2.75, 3.05) is 20.2 Å². The molecule has 0 aromatic heterocycles. The number of nitrogens with two attached hydrogens (primary N) is 1. The van der Waals surface area contributed by atoms with Gasteiger partial charge < -0.3 is 15.2 Å². The van der Waals surface area contributed by atoms with E-state index in [1.807, 2.05) is 18.2 Å². The van der Waals surface area contributed by atoms with Gasteiger partial charge in [-0.25, -0.2) is 0 Å². The third-order valence-electron chi connectivity index (χ3n) is 4.55. The van der Waals surface area contributed by atoms with Crippen LogP contribution in [0, 0.1) is 0 Å². The van der Waals surface area contributed by atoms with E-state index in [1.54, 1.807) is 12.1 Å². The molecule has 1 aliphatic heterocycles. The van der Waals surface area contributed by atoms with Crippen LogP contribution in [0.4, 0.5) is 8.78 Å². The van der Waals surface area contributed by atoms with Crippen molar-refractivity contribution in [1.82, 2.24) is 4.90 Å². The second-order valence-corrected chi connectivity index (χ2v) is 6.23. The first-order valence-electron chi connectivity index (χ1n) is 8.21. The molecule has 0 spiro atoms. The molecular weight excluding hydrogens is 362 g/mol. The van der Waals surface area contributed by atoms with Crippen molar-refractivity contribution in [2.45, 2.75) is 25.1 Å². The van der Waals surface area contributed by atoms with Crippen LogP contribution in [0.5, 0.6) is 11.5 Å². The average Bonchev–Trinajstić information content (AvgIpc) is 2.97. The molecule has 7 heteroatoms. The zero-order valence-corrected chi connectivity index (χ0v) is 15.3. The molecule has 26 heavy (non-hydrogen) atoms. The Morgan fingerprint density at radius 3 is 2.54 bits per heavy atom. The number of methoxy groups -OCH3 is 1. The van der Waals surface area contributed by atoms with Crippen molar-refractivity contribution in [1.29, 1.82) is 0 Å². The minimum atomic E-state index is -2.87. The Bertz CT molecular complexity index is 703. The molecule has 0 radical (unpaired) electrons. The van der Waals surface area contributed by atoms with E-state index < -0.39 is 6.61 Å². The summed E-state index contributed by atoms with van der Waals surface area (Å²) in [4.78, 5) is 2.17. The zero-order chi connectivity index (χ0) is 17.8. The van der Waals surface area contributed by atoms with Gasteiger partial charge in [0.2, 0.25) is 0 Å². The number of hydrogen-bond acceptors (Lipinski definition) is 4. The fourth-order valence-electron chi connectivity index (χ4n) is 3.33. The number of benzene rings is 2. The molecule has 1 heterocycles. The molecule has 0 aliphatic carbocycles. The predicted octanol–water partition coefficient (Wildman–Crippen LogP) is 3.65. The van der Waals surface area contributed by atoms with E-state index in [1.165, 1.54) is 18.7 Å². The molecule has 0 saturated carbocycles. The average molecular weight is 385 g/mol. The summed E-state index contributed by atoms with van der Waals surface area (Å²) in [5.41, 5.74) is 8.21. The maximum Gasteiger partial charge on any atom is 0.387 e. The Hall–Kier alpha value is -1.89. The highest BCUT2D eigenvalue weighted by atomic mass is 35.5. The highest BCUT2D eigenvalue weighted by Crippen LogP contribution is 2.31. The fraction of sp³-hybridized carbons (Fsp3) is 0.368. The molecule has 0 bridgehead atoms. The predicted molar refractivity (Wildman–Crippen MR) is 99.3 cm³/mol. The maximum absolute atomic E-state index is 12.7. The van der Waals surface area contributed by atoms with Gasteiger partial charge in [-0.15, -0.1) is 12.4 Å². The van der Waals surface area contributed by atoms with Crippen LogP contribution in [0.2, 0.25) is 0 Å². The first-order valence-corrected chi connectivity index (χ1v) is 8.21. The molecule has 2 N–H and O–H groups in total. The maximum atomic E-state index is 12.7. The van der Waals surface area contributed by atoms with E-state index in [4.69, 9.17) is 10.5 Å². The molecule has 0 unspecified atom stereocenters. The van der Waals surface area contributed by atoms with Gasteiger partial charge in [-0.2, -0.15) is 8.78 Å². The first kappa shape index (κ1) is 20.4. The Balaban J connectivity index is 0.00000243. The Morgan fingerprint density at radius 2 is 1.88 bits per heavy atom. The van der Waals surface area contributed by atoms with Gasteiger partial charge in [0.05, 0.1) is 7.11 Å². The number of alkyl halides is 2. The van der Waals surface area contributed by atoms with Crippen molar-refractivity contribution >= 4 is 12.4 Å². The summed E-state index contributed by atoms with van der Waals surface area (Å²) < 4.78 is 35.2. The fourth-order valence-corrected chi connectivity index (χ4v) is 3.33. The lowest BCUT2D eigenvalue weighted by atomic mass is 9.95. The van der Waals surface area contributed by atoms with E-state index in [-0.39, 0.29) is 30.1 Å². The van der Waals surface area contributed by atoms with Gasteiger partial charge in [-0.3, -0.25) is 4.90 Å². The topological polar surface area (TPSA) is 47.7 Å². The summed E-state index contributed by atoms with van der Waals surface area (Å²) in [6.07, 6.45) is 0. The van der Waals surface area contributed by atoms with Gasteiger partial charge in [0, 0.05) is 43.2 Å². The number of rotatable bonds is 6. The van der Waals surface area contributed by atoms with Crippen LogP contribution in [0.3, 0.4) is 0 Å². The Morgan fingerprint density at radius 1 is 1.15 bits per heavy atom. The van der Waals surface area contributed by atoms with E-state index in [0.717, 1.165) is 6.54 Å². The molecule has 2 atom stereocenters. The lowest BCUT2D eigenvalue weighted by molar-refractivity contribution is -0.0508. The van der Waals surface area contributed by atoms with Crippen LogP contribution in [0.25, 0.3) is 0 Å². The van der Waals surface area contributed by atoms with Gasteiger partial charge in [0.1, 0.15) is 11.5 Å². The first-order chi connectivity index (χ1) is 12.1. The standard InChI is InChI=1S/C19H22F2N2O2.ClH/c1-24-15-8-7-14(18(9-15)25-19(20)21)10-23-11-16(17(22)12-23)13-5-3-2-4-6-13;/h2-9,16-17,19H,10-12,22H2,1H3;1H/t16-,17+;/m0./s1. The van der Waals surface area contributed by atoms with Gasteiger partial charge in [0.25, 0.3) is 0 Å². The minimum Gasteiger partial charge on any atom is -0.497 e. The number of hydrogen-bond donors (Lipinski definition) is 1. The molecule has 2 aromatic carbocycles. The highest BCUT2D eigenvalue weighted by molar-refractivity contribution is 5.85. The summed E-state index contributed by atoms with van der Waals surface area (Å²) in [7, 11) is 1.49. The van der Waals surface area contributed by atoms with Gasteiger partial charge in [-0.1, -0.05) is 36.4 Å². The summed E-state index contributed by atoms with van der Waals surface area (Å²) in [6, 6.07) is 15.2. The van der Waals surface area contributed by atoms with Gasteiger partial charge >= 0.3 is 6.61 Å². The third-order valence-corrected chi connectivity index (χ3v) is 4.55. The van der Waals surface area contributed by atoms with E-state index in [9.17, 15) is 8.78 Å². The summed E-state index contributed by atoms with van der Waals surface area (Å²) >= 11 is 0. The normalized spacial score (nSPS) is 20.0. The summed E-state index contributed by atoms with van der Waals surface area (Å²) in [6.45, 7) is -0.877. The lowest BCUT2D eigenvalue weighted by Crippen LogP contribution is -2.28. The number of likely N-dealkylation sites (tertiary alicyclic amines) is 1. The van der Waals surface area contributed by atoms with E-state index in [2.05, 4.69) is 21.8 Å². The van der Waals surface area contributed by atoms with Gasteiger partial charge in [-0.05, 0) is 11.6 Å². The molecule has 2 aromatic rings. The van der Waals surface area contributed by atoms with Crippen molar-refractivity contribution in [3.8, 4) is 11.5 Å². The van der Waals surface area contributed by atoms with Crippen molar-refractivity contribution < 1.29 is 18.3 Å². The van der Waals surface area contributed by atoms with Crippen LogP contribution >= 0.6 is 12.4 Å². The molecule has 1 fully saturated rings. The molecule has 3 rings (SSSR count). The number of ether oxygens (including phenoxy) is 2. The van der Waals surface area contributed by atoms with Crippen molar-refractivity contribution in [2.24, 2.45) is 5.73 Å². The van der Waals surface area contributed by atoms with Gasteiger partial charge in [0.15, 0.2) is 0 Å². The molecule has 1 aliphatic rings. The smallest absolute Gasteiger partial charge is 0.387 e. The largest absolute Gasteiger partial charge is 0.497 e. The lowest BCUT2D eigenvalue weighted by Gasteiger charge is -2.19. The monoisotopic (exact) mass is 384 g/mol. The van der Waals surface area contributed by atoms with Crippen LogP contribution in [0.1, 0.15) is 17.0 Å². The molecule has 4 nitrogen and oxygen atoms in total. The third kappa shape index (κ3) is 4.84. The zero-order valence-electron chi connectivity index (χ0n) is 14.5. The second-order valence-electron chi connectivity index (χ2n) is 6.23. The van der Waals surface area contributed by atoms with E-state index >= 15 is 0 Å². The molecule has 0 amide bonds. The second kappa shape index (κ2) is 9.16. The van der Waals surface area contributed by atoms with Crippen LogP contribution < -0.4 is 15.2 Å². The molecular formula is C19H23ClF2N2O2. The summed E-state index contributed by atoms with van der Waals surface area (Å²) in [5, 5.41) is 0. The molecule has 1 saturated heterocycles. The Labute approximate surface area is 158 Å². The summed E-state index contributed by atoms with van der Waals surface area (Å²) in [5.74, 6) is 0.865. The SMILES string of the molecule is COc1ccc(CN2C[C@@H](N)[C@H](c3ccccc3)C2)c(OC(F)F)c1.Cl. The number of halogens is 3. The van der Waals surface area contributed by atoms with Crippen LogP contribution in [-0.2, 0) is 6.54 Å². The minimum absolute atomic E-state index is 0. The van der Waals surface area contributed by atoms with Crippen LogP contribution in [-0.4, -0.2) is 37.8 Å². The van der Waals surface area contributed by atoms with Crippen molar-refractivity contribution in [3.63, 3.8) is 0 Å². The van der Waals surface area contributed by atoms with Crippen LogP contribution in [0.15, 0.2) is 48.5 Å². The quantitative estimate of drug-likeness (QED) is 0.826. The highest BCUT2D eigenvalue weighted by Gasteiger charge is 2.31. The van der Waals surface area contributed by atoms with Crippen molar-refractivity contribution in [3.05, 3.63) is 59.7 Å². The Kier molecular flexibility index (Phi) is 7.20. The molecule has 142 valence electrons. The van der Waals surface area contributed by atoms with E-state index in [0.29, 0.717) is 24.4 Å².